The molecule has 2 amide bonds. The third-order valence-electron chi connectivity index (χ3n) is 4.48. The number of para-hydroxylation sites is 1. The van der Waals surface area contributed by atoms with Gasteiger partial charge in [0.25, 0.3) is 5.91 Å². The molecule has 2 aromatic carbocycles. The van der Waals surface area contributed by atoms with Crippen LogP contribution in [0.5, 0.6) is 5.75 Å². The van der Waals surface area contributed by atoms with Crippen LogP contribution in [0.25, 0.3) is 0 Å². The van der Waals surface area contributed by atoms with Gasteiger partial charge < -0.3 is 20.1 Å². The minimum Gasteiger partial charge on any atom is -0.486 e. The Labute approximate surface area is 199 Å². The molecule has 1 heterocycles. The van der Waals surface area contributed by atoms with Gasteiger partial charge >= 0.3 is 5.97 Å². The predicted molar refractivity (Wildman–Crippen MR) is 126 cm³/mol. The number of benzene rings is 2. The zero-order valence-corrected chi connectivity index (χ0v) is 19.4. The van der Waals surface area contributed by atoms with E-state index in [1.165, 1.54) is 4.90 Å². The lowest BCUT2D eigenvalue weighted by molar-refractivity contribution is -0.121. The van der Waals surface area contributed by atoms with Gasteiger partial charge in [0, 0.05) is 23.7 Å². The number of nitrogens with zero attached hydrogens (tertiary/aromatic N) is 2. The van der Waals surface area contributed by atoms with Gasteiger partial charge in [0.2, 0.25) is 5.91 Å². The molecule has 0 spiro atoms. The van der Waals surface area contributed by atoms with E-state index < -0.39 is 24.4 Å². The standard InChI is InChI=1S/C23H22ClN3O5S/c1-15-22(33-20(26-15)13-31-18-9-7-16(24)8-10-18)23(30)32-14-21(29)27(12-11-19(25)28)17-5-3-2-4-6-17/h2-10H,11-14H2,1H3,(H2,25,28). The number of rotatable bonds is 10. The fraction of sp³-hybridized carbons (Fsp3) is 0.217. The van der Waals surface area contributed by atoms with Crippen LogP contribution in [-0.2, 0) is 20.9 Å². The van der Waals surface area contributed by atoms with Gasteiger partial charge in [-0.15, -0.1) is 11.3 Å². The Bertz CT molecular complexity index is 1120. The molecule has 1 aromatic heterocycles. The number of amides is 2. The Morgan fingerprint density at radius 1 is 1.09 bits per heavy atom. The van der Waals surface area contributed by atoms with Crippen molar-refractivity contribution in [1.82, 2.24) is 4.98 Å². The van der Waals surface area contributed by atoms with Crippen molar-refractivity contribution in [3.63, 3.8) is 0 Å². The average molecular weight is 488 g/mol. The van der Waals surface area contributed by atoms with E-state index in [4.69, 9.17) is 26.8 Å². The zero-order chi connectivity index (χ0) is 23.8. The Balaban J connectivity index is 1.60. The molecule has 8 nitrogen and oxygen atoms in total. The first-order valence-electron chi connectivity index (χ1n) is 9.99. The van der Waals surface area contributed by atoms with Crippen molar-refractivity contribution in [2.24, 2.45) is 5.73 Å². The molecule has 0 aliphatic rings. The van der Waals surface area contributed by atoms with Crippen LogP contribution in [-0.4, -0.2) is 35.9 Å². The molecule has 0 saturated carbocycles. The lowest BCUT2D eigenvalue weighted by Gasteiger charge is -2.22. The van der Waals surface area contributed by atoms with Crippen molar-refractivity contribution in [3.05, 3.63) is 75.2 Å². The normalized spacial score (nSPS) is 10.5. The lowest BCUT2D eigenvalue weighted by Crippen LogP contribution is -2.37. The summed E-state index contributed by atoms with van der Waals surface area (Å²) in [5, 5.41) is 1.19. The maximum absolute atomic E-state index is 12.7. The number of ether oxygens (including phenoxy) is 2. The highest BCUT2D eigenvalue weighted by Crippen LogP contribution is 2.22. The molecule has 0 atom stereocenters. The molecule has 0 aliphatic carbocycles. The summed E-state index contributed by atoms with van der Waals surface area (Å²) in [5.41, 5.74) is 6.29. The lowest BCUT2D eigenvalue weighted by atomic mass is 10.2. The maximum Gasteiger partial charge on any atom is 0.350 e. The van der Waals surface area contributed by atoms with E-state index in [9.17, 15) is 14.4 Å². The molecular formula is C23H22ClN3O5S. The highest BCUT2D eigenvalue weighted by molar-refractivity contribution is 7.13. The number of nitrogens with two attached hydrogens (primary N) is 1. The van der Waals surface area contributed by atoms with Crippen molar-refractivity contribution < 1.29 is 23.9 Å². The molecule has 3 aromatic rings. The number of primary amides is 1. The number of aromatic nitrogens is 1. The van der Waals surface area contributed by atoms with Crippen LogP contribution in [0.1, 0.15) is 26.8 Å². The SMILES string of the molecule is Cc1nc(COc2ccc(Cl)cc2)sc1C(=O)OCC(=O)N(CCC(N)=O)c1ccccc1. The quantitative estimate of drug-likeness (QED) is 0.436. The molecule has 0 aliphatic heterocycles. The van der Waals surface area contributed by atoms with Crippen molar-refractivity contribution in [2.45, 2.75) is 20.0 Å². The minimum absolute atomic E-state index is 0.0144. The molecule has 0 saturated heterocycles. The number of hydrogen-bond donors (Lipinski definition) is 1. The number of hydrogen-bond acceptors (Lipinski definition) is 7. The van der Waals surface area contributed by atoms with E-state index in [0.29, 0.717) is 32.0 Å². The number of halogens is 1. The molecule has 0 radical (unpaired) electrons. The second-order valence-electron chi connectivity index (χ2n) is 6.94. The second kappa shape index (κ2) is 11.4. The first-order chi connectivity index (χ1) is 15.8. The van der Waals surface area contributed by atoms with Crippen LogP contribution in [0.2, 0.25) is 5.02 Å². The van der Waals surface area contributed by atoms with Gasteiger partial charge in [-0.1, -0.05) is 29.8 Å². The fourth-order valence-electron chi connectivity index (χ4n) is 2.88. The molecule has 0 unspecified atom stereocenters. The van der Waals surface area contributed by atoms with Crippen LogP contribution in [0.15, 0.2) is 54.6 Å². The Morgan fingerprint density at radius 3 is 2.45 bits per heavy atom. The summed E-state index contributed by atoms with van der Waals surface area (Å²) in [4.78, 5) is 42.5. The van der Waals surface area contributed by atoms with Gasteiger partial charge in [-0.2, -0.15) is 0 Å². The van der Waals surface area contributed by atoms with Crippen LogP contribution >= 0.6 is 22.9 Å². The van der Waals surface area contributed by atoms with E-state index in [-0.39, 0.29) is 19.6 Å². The molecule has 0 bridgehead atoms. The topological polar surface area (TPSA) is 112 Å². The van der Waals surface area contributed by atoms with E-state index in [0.717, 1.165) is 11.3 Å². The number of thiazole rings is 1. The van der Waals surface area contributed by atoms with Gasteiger partial charge in [0.1, 0.15) is 22.2 Å². The number of anilines is 1. The minimum atomic E-state index is -0.654. The van der Waals surface area contributed by atoms with E-state index in [2.05, 4.69) is 4.98 Å². The Hall–Kier alpha value is -3.43. The molecule has 33 heavy (non-hydrogen) atoms. The van der Waals surface area contributed by atoms with Gasteiger partial charge in [0.15, 0.2) is 6.61 Å². The largest absolute Gasteiger partial charge is 0.486 e. The number of aryl methyl sites for hydroxylation is 1. The van der Waals surface area contributed by atoms with Gasteiger partial charge in [-0.05, 0) is 43.3 Å². The zero-order valence-electron chi connectivity index (χ0n) is 17.8. The van der Waals surface area contributed by atoms with E-state index in [1.807, 2.05) is 0 Å². The van der Waals surface area contributed by atoms with Gasteiger partial charge in [0.05, 0.1) is 5.69 Å². The van der Waals surface area contributed by atoms with Crippen LogP contribution < -0.4 is 15.4 Å². The monoisotopic (exact) mass is 487 g/mol. The molecule has 0 fully saturated rings. The summed E-state index contributed by atoms with van der Waals surface area (Å²) < 4.78 is 10.9. The number of carbonyl (C=O) groups excluding carboxylic acids is 3. The van der Waals surface area contributed by atoms with Gasteiger partial charge in [-0.25, -0.2) is 9.78 Å². The van der Waals surface area contributed by atoms with Crippen LogP contribution in [0, 0.1) is 6.92 Å². The molecular weight excluding hydrogens is 466 g/mol. The van der Waals surface area contributed by atoms with Crippen molar-refractivity contribution in [3.8, 4) is 5.75 Å². The summed E-state index contributed by atoms with van der Waals surface area (Å²) >= 11 is 7.00. The van der Waals surface area contributed by atoms with Crippen molar-refractivity contribution in [2.75, 3.05) is 18.1 Å². The Morgan fingerprint density at radius 2 is 1.79 bits per heavy atom. The summed E-state index contributed by atoms with van der Waals surface area (Å²) in [6, 6.07) is 15.7. The molecule has 172 valence electrons. The van der Waals surface area contributed by atoms with Crippen LogP contribution in [0.4, 0.5) is 5.69 Å². The summed E-state index contributed by atoms with van der Waals surface area (Å²) in [6.45, 7) is 1.46. The highest BCUT2D eigenvalue weighted by Gasteiger charge is 2.21. The van der Waals surface area contributed by atoms with Gasteiger partial charge in [-0.3, -0.25) is 9.59 Å². The molecule has 3 rings (SSSR count). The number of carbonyl (C=O) groups is 3. The third-order valence-corrected chi connectivity index (χ3v) is 5.84. The smallest absolute Gasteiger partial charge is 0.350 e. The summed E-state index contributed by atoms with van der Waals surface area (Å²) in [7, 11) is 0. The highest BCUT2D eigenvalue weighted by atomic mass is 35.5. The maximum atomic E-state index is 12.7. The summed E-state index contributed by atoms with van der Waals surface area (Å²) in [5.74, 6) is -1.03. The molecule has 10 heteroatoms. The fourth-order valence-corrected chi connectivity index (χ4v) is 3.88. The first kappa shape index (κ1) is 24.2. The number of esters is 1. The average Bonchev–Trinajstić information content (AvgIpc) is 3.18. The van der Waals surface area contributed by atoms with E-state index in [1.54, 1.807) is 61.5 Å². The van der Waals surface area contributed by atoms with Crippen LogP contribution in [0.3, 0.4) is 0 Å². The third kappa shape index (κ3) is 7.03. The Kier molecular flexibility index (Phi) is 8.39. The summed E-state index contributed by atoms with van der Waals surface area (Å²) in [6.07, 6.45) is -0.0144. The first-order valence-corrected chi connectivity index (χ1v) is 11.2. The predicted octanol–water partition coefficient (Wildman–Crippen LogP) is 3.75. The van der Waals surface area contributed by atoms with E-state index >= 15 is 0 Å². The molecule has 2 N–H and O–H groups in total. The van der Waals surface area contributed by atoms with Crippen molar-refractivity contribution in [1.29, 1.82) is 0 Å². The second-order valence-corrected chi connectivity index (χ2v) is 8.46. The van der Waals surface area contributed by atoms with Crippen molar-refractivity contribution >= 4 is 46.4 Å².